The van der Waals surface area contributed by atoms with Gasteiger partial charge in [0.05, 0.1) is 45.8 Å². The van der Waals surface area contributed by atoms with Gasteiger partial charge in [-0.3, -0.25) is 28.2 Å². The third kappa shape index (κ3) is 8.65. The number of fused-ring (bicyclic) bond motifs is 5. The van der Waals surface area contributed by atoms with Crippen LogP contribution in [0.1, 0.15) is 96.0 Å². The number of aromatic nitrogens is 7. The number of halogens is 11. The first-order valence-electron chi connectivity index (χ1n) is 20.7. The molecule has 2 fully saturated rings. The quantitative estimate of drug-likeness (QED) is 0.0808. The van der Waals surface area contributed by atoms with Crippen LogP contribution < -0.4 is 15.6 Å². The van der Waals surface area contributed by atoms with E-state index in [1.54, 1.807) is 0 Å². The highest BCUT2D eigenvalue weighted by molar-refractivity contribution is 9.09. The van der Waals surface area contributed by atoms with E-state index in [9.17, 15) is 39.6 Å². The first kappa shape index (κ1) is 46.9. The number of nitrogens with zero attached hydrogens (tertiary/aromatic N) is 7. The molecule has 3 atom stereocenters. The van der Waals surface area contributed by atoms with Gasteiger partial charge in [0, 0.05) is 59.3 Å². The van der Waals surface area contributed by atoms with E-state index in [1.165, 1.54) is 22.9 Å². The number of anilines is 1. The average molecular weight is 1050 g/mol. The summed E-state index contributed by atoms with van der Waals surface area (Å²) < 4.78 is 163. The second kappa shape index (κ2) is 17.1. The van der Waals surface area contributed by atoms with E-state index in [0.717, 1.165) is 23.0 Å². The molecule has 3 aliphatic carbocycles. The summed E-state index contributed by atoms with van der Waals surface area (Å²) in [5.74, 6) is -13.4. The first-order chi connectivity index (χ1) is 31.6. The van der Waals surface area contributed by atoms with Crippen LogP contribution in [-0.2, 0) is 46.9 Å². The van der Waals surface area contributed by atoms with Gasteiger partial charge in [0.2, 0.25) is 21.9 Å². The Morgan fingerprint density at radius 3 is 2.34 bits per heavy atom. The lowest BCUT2D eigenvalue weighted by Crippen LogP contribution is -2.38. The highest BCUT2D eigenvalue weighted by atomic mass is 79.9. The zero-order valence-corrected chi connectivity index (χ0v) is 37.9. The number of carbonyl (C=O) groups is 1. The molecule has 1 amide bonds. The van der Waals surface area contributed by atoms with E-state index in [4.69, 9.17) is 16.6 Å². The molecule has 2 N–H and O–H groups in total. The van der Waals surface area contributed by atoms with Crippen LogP contribution >= 0.6 is 27.5 Å². The Bertz CT molecular complexity index is 3160. The van der Waals surface area contributed by atoms with Crippen LogP contribution in [0, 0.1) is 17.6 Å². The number of benzene rings is 2. The molecule has 6 aromatic rings. The van der Waals surface area contributed by atoms with E-state index in [1.807, 2.05) is 0 Å². The van der Waals surface area contributed by atoms with E-state index in [2.05, 4.69) is 41.2 Å². The van der Waals surface area contributed by atoms with Crippen molar-refractivity contribution in [1.82, 2.24) is 39.4 Å². The fourth-order valence-electron chi connectivity index (χ4n) is 9.47. The minimum absolute atomic E-state index is 0.00529. The first-order valence-corrected chi connectivity index (χ1v) is 24.1. The van der Waals surface area contributed by atoms with Gasteiger partial charge in [-0.25, -0.2) is 49.1 Å². The van der Waals surface area contributed by atoms with Gasteiger partial charge in [-0.05, 0) is 61.1 Å². The van der Waals surface area contributed by atoms with Crippen molar-refractivity contribution in [3.05, 3.63) is 103 Å². The van der Waals surface area contributed by atoms with Gasteiger partial charge in [0.1, 0.15) is 42.1 Å². The summed E-state index contributed by atoms with van der Waals surface area (Å²) in [6.45, 7) is -2.36. The number of aryl methyl sites for hydroxylation is 1. The standard InChI is InChI=1S/C42H36BrClF9N9O4S/c1-67(65,66)59-38-32-25(44)2-3-28(34(32)60(58-38)9-8-43)62-39(56-37-30(40(62)64)20(16-45)13-26(55-37)19-4-6-41(50,51)7-5-19)27(12-18-10-21(46)14-22(47)11-18)54-29(63)17-61-35-31(33(57-61)36(48)49)23-15-24(23)42(35,52)53/h2-3,10-11,13-14,19,23-24,27,36H,4-9,12,15-17H2,1H3,(H,54,63)(H,58,59)/t23-,24+,27-/m0/s1. The van der Waals surface area contributed by atoms with Crippen molar-refractivity contribution in [3.63, 3.8) is 0 Å². The molecule has 0 saturated heterocycles. The normalized spacial score (nSPS) is 19.2. The SMILES string of the molecule is CS(=O)(=O)Nc1nn(CCBr)c2c(-n3c([C@H](Cc4cc(F)cc(F)c4)NC(=O)Cn4nc(C(F)F)c5c4C(F)(F)[C@@H]4C[C@H]54)nc4nc(C5CCC(F)(F)CC5)cc(CF)c4c3=O)ccc(Cl)c12. The van der Waals surface area contributed by atoms with E-state index in [-0.39, 0.29) is 81.0 Å². The van der Waals surface area contributed by atoms with Crippen LogP contribution in [0.5, 0.6) is 0 Å². The molecule has 0 radical (unpaired) electrons. The number of alkyl halides is 8. The number of sulfonamides is 1. The van der Waals surface area contributed by atoms with Crippen LogP contribution in [0.3, 0.4) is 0 Å². The fourth-order valence-corrected chi connectivity index (χ4v) is 10.5. The molecular formula is C42H36BrClF9N9O4S. The largest absolute Gasteiger partial charge is 0.344 e. The molecule has 0 bridgehead atoms. The number of hydrogen-bond donors (Lipinski definition) is 2. The van der Waals surface area contributed by atoms with Crippen molar-refractivity contribution < 1.29 is 52.7 Å². The van der Waals surface area contributed by atoms with Gasteiger partial charge in [-0.2, -0.15) is 19.0 Å². The molecule has 67 heavy (non-hydrogen) atoms. The van der Waals surface area contributed by atoms with Gasteiger partial charge >= 0.3 is 0 Å². The van der Waals surface area contributed by atoms with Crippen LogP contribution in [0.15, 0.2) is 41.2 Å². The Kier molecular flexibility index (Phi) is 11.9. The van der Waals surface area contributed by atoms with Crippen LogP contribution in [-0.4, -0.2) is 65.9 Å². The highest BCUT2D eigenvalue weighted by Gasteiger charge is 2.67. The Balaban J connectivity index is 1.28. The Labute approximate surface area is 387 Å². The Morgan fingerprint density at radius 2 is 1.70 bits per heavy atom. The van der Waals surface area contributed by atoms with Crippen molar-refractivity contribution in [2.24, 2.45) is 5.92 Å². The van der Waals surface area contributed by atoms with E-state index < -0.39 is 136 Å². The summed E-state index contributed by atoms with van der Waals surface area (Å²) in [7, 11) is -4.02. The van der Waals surface area contributed by atoms with Crippen LogP contribution in [0.25, 0.3) is 27.6 Å². The zero-order chi connectivity index (χ0) is 48.1. The summed E-state index contributed by atoms with van der Waals surface area (Å²) in [5, 5.41) is 10.4. The molecule has 0 spiro atoms. The molecule has 9 rings (SSSR count). The second-order valence-electron chi connectivity index (χ2n) is 17.0. The number of pyridine rings is 1. The predicted octanol–water partition coefficient (Wildman–Crippen LogP) is 9.03. The average Bonchev–Trinajstić information content (AvgIpc) is 3.76. The van der Waals surface area contributed by atoms with Gasteiger partial charge in [-0.15, -0.1) is 0 Å². The molecule has 0 unspecified atom stereocenters. The van der Waals surface area contributed by atoms with E-state index >= 15 is 18.0 Å². The smallest absolute Gasteiger partial charge is 0.293 e. The third-order valence-corrected chi connectivity index (χ3v) is 13.6. The lowest BCUT2D eigenvalue weighted by Gasteiger charge is -2.28. The number of hydrogen-bond acceptors (Lipinski definition) is 8. The third-order valence-electron chi connectivity index (χ3n) is 12.4. The summed E-state index contributed by atoms with van der Waals surface area (Å²) in [5.41, 5.74) is -4.02. The maximum absolute atomic E-state index is 15.6. The molecule has 4 aromatic heterocycles. The number of nitrogens with one attached hydrogen (secondary N) is 2. The molecule has 0 aliphatic heterocycles. The summed E-state index contributed by atoms with van der Waals surface area (Å²) >= 11 is 10.0. The fraction of sp³-hybridized carbons (Fsp3) is 0.429. The van der Waals surface area contributed by atoms with Gasteiger partial charge < -0.3 is 5.32 Å². The van der Waals surface area contributed by atoms with Crippen molar-refractivity contribution in [2.45, 2.75) is 94.4 Å². The number of carbonyl (C=O) groups excluding carboxylic acids is 1. The van der Waals surface area contributed by atoms with Crippen LogP contribution in [0.4, 0.5) is 45.3 Å². The minimum Gasteiger partial charge on any atom is -0.344 e. The lowest BCUT2D eigenvalue weighted by atomic mass is 9.84. The maximum Gasteiger partial charge on any atom is 0.293 e. The molecule has 356 valence electrons. The van der Waals surface area contributed by atoms with Crippen molar-refractivity contribution in [1.29, 1.82) is 0 Å². The Hall–Kier alpha value is -5.23. The molecule has 4 heterocycles. The molecule has 2 aromatic carbocycles. The predicted molar refractivity (Wildman–Crippen MR) is 230 cm³/mol. The lowest BCUT2D eigenvalue weighted by molar-refractivity contribution is -0.123. The van der Waals surface area contributed by atoms with Crippen molar-refractivity contribution >= 4 is 71.2 Å². The molecular weight excluding hydrogens is 1010 g/mol. The van der Waals surface area contributed by atoms with Gasteiger partial charge in [0.25, 0.3) is 17.9 Å². The second-order valence-corrected chi connectivity index (χ2v) is 19.9. The molecule has 3 aliphatic rings. The molecule has 25 heteroatoms. The minimum atomic E-state index is -4.02. The van der Waals surface area contributed by atoms with Crippen molar-refractivity contribution in [3.8, 4) is 5.69 Å². The van der Waals surface area contributed by atoms with Crippen LogP contribution in [0.2, 0.25) is 5.02 Å². The molecule has 13 nitrogen and oxygen atoms in total. The summed E-state index contributed by atoms with van der Waals surface area (Å²) in [6.07, 6.45) is -4.19. The maximum atomic E-state index is 15.6. The monoisotopic (exact) mass is 1050 g/mol. The number of amides is 1. The molecule has 2 saturated carbocycles. The number of rotatable bonds is 14. The Morgan fingerprint density at radius 1 is 1.00 bits per heavy atom. The topological polar surface area (TPSA) is 159 Å². The van der Waals surface area contributed by atoms with Gasteiger partial charge in [0.15, 0.2) is 11.5 Å². The highest BCUT2D eigenvalue weighted by Crippen LogP contribution is 2.68. The van der Waals surface area contributed by atoms with Crippen molar-refractivity contribution in [2.75, 3.05) is 16.3 Å². The van der Waals surface area contributed by atoms with E-state index in [0.29, 0.717) is 10.7 Å². The summed E-state index contributed by atoms with van der Waals surface area (Å²) in [6, 6.07) is 4.52. The summed E-state index contributed by atoms with van der Waals surface area (Å²) in [4.78, 5) is 38.8. The zero-order valence-electron chi connectivity index (χ0n) is 34.8. The van der Waals surface area contributed by atoms with Gasteiger partial charge in [-0.1, -0.05) is 27.5 Å².